The van der Waals surface area contributed by atoms with E-state index in [2.05, 4.69) is 0 Å². The fraction of sp³-hybridized carbons (Fsp3) is 0.571. The Morgan fingerprint density at radius 2 is 1.86 bits per heavy atom. The summed E-state index contributed by atoms with van der Waals surface area (Å²) in [4.78, 5) is 25.5. The monoisotopic (exact) mass is 327 g/mol. The highest BCUT2D eigenvalue weighted by molar-refractivity contribution is 7.89. The summed E-state index contributed by atoms with van der Waals surface area (Å²) >= 11 is 0. The normalized spacial score (nSPS) is 15.0. The van der Waals surface area contributed by atoms with E-state index in [1.54, 1.807) is 18.7 Å². The molecule has 0 saturated carbocycles. The molecule has 1 amide bonds. The Labute approximate surface area is 130 Å². The largest absolute Gasteiger partial charge is 0.341 e. The number of nitrogens with zero attached hydrogens (tertiary/aromatic N) is 3. The van der Waals surface area contributed by atoms with Gasteiger partial charge in [-0.2, -0.15) is 4.31 Å². The van der Waals surface area contributed by atoms with E-state index in [1.165, 1.54) is 22.6 Å². The van der Waals surface area contributed by atoms with Gasteiger partial charge in [0.05, 0.1) is 4.90 Å². The van der Waals surface area contributed by atoms with Gasteiger partial charge in [-0.3, -0.25) is 9.59 Å². The maximum Gasteiger partial charge on any atom is 0.251 e. The summed E-state index contributed by atoms with van der Waals surface area (Å²) in [7, 11) is -3.64. The van der Waals surface area contributed by atoms with Crippen molar-refractivity contribution in [3.8, 4) is 0 Å². The second-order valence-electron chi connectivity index (χ2n) is 5.15. The van der Waals surface area contributed by atoms with E-state index in [9.17, 15) is 18.0 Å². The molecule has 1 saturated heterocycles. The first-order chi connectivity index (χ1) is 10.4. The highest BCUT2D eigenvalue weighted by Gasteiger charge is 2.24. The van der Waals surface area contributed by atoms with Crippen molar-refractivity contribution < 1.29 is 13.2 Å². The summed E-state index contributed by atoms with van der Waals surface area (Å²) in [6.07, 6.45) is 2.23. The number of sulfonamides is 1. The average Bonchev–Trinajstić information content (AvgIpc) is 2.40. The molecule has 0 aliphatic carbocycles. The molecule has 1 fully saturated rings. The van der Waals surface area contributed by atoms with Crippen molar-refractivity contribution in [1.82, 2.24) is 13.8 Å². The number of carbonyl (C=O) groups is 1. The zero-order valence-corrected chi connectivity index (χ0v) is 13.7. The van der Waals surface area contributed by atoms with Crippen LogP contribution < -0.4 is 5.56 Å². The third-order valence-electron chi connectivity index (χ3n) is 3.81. The quantitative estimate of drug-likeness (QED) is 0.743. The molecule has 0 spiro atoms. The van der Waals surface area contributed by atoms with Crippen LogP contribution in [0.1, 0.15) is 20.3 Å². The summed E-state index contributed by atoms with van der Waals surface area (Å²) < 4.78 is 27.4. The number of likely N-dealkylation sites (tertiary alicyclic amines) is 1. The van der Waals surface area contributed by atoms with Crippen LogP contribution in [0, 0.1) is 0 Å². The number of hydrogen-bond acceptors (Lipinski definition) is 4. The lowest BCUT2D eigenvalue weighted by atomic mass is 10.2. The van der Waals surface area contributed by atoms with Gasteiger partial charge in [0.1, 0.15) is 6.54 Å². The van der Waals surface area contributed by atoms with Crippen LogP contribution in [0.2, 0.25) is 0 Å². The lowest BCUT2D eigenvalue weighted by Crippen LogP contribution is -2.44. The van der Waals surface area contributed by atoms with Crippen LogP contribution in [0.3, 0.4) is 0 Å². The number of carbonyl (C=O) groups excluding carboxylic acids is 1. The molecule has 122 valence electrons. The van der Waals surface area contributed by atoms with Crippen molar-refractivity contribution in [2.45, 2.75) is 31.7 Å². The molecule has 0 radical (unpaired) electrons. The summed E-state index contributed by atoms with van der Waals surface area (Å²) in [5, 5.41) is 0. The predicted molar refractivity (Wildman–Crippen MR) is 82.0 cm³/mol. The van der Waals surface area contributed by atoms with Crippen LogP contribution in [0.15, 0.2) is 28.0 Å². The minimum absolute atomic E-state index is 0.0345. The van der Waals surface area contributed by atoms with E-state index in [0.29, 0.717) is 26.2 Å². The van der Waals surface area contributed by atoms with Gasteiger partial charge in [0.15, 0.2) is 0 Å². The van der Waals surface area contributed by atoms with Gasteiger partial charge in [-0.25, -0.2) is 8.42 Å². The molecule has 0 aromatic carbocycles. The van der Waals surface area contributed by atoms with Crippen molar-refractivity contribution in [1.29, 1.82) is 0 Å². The molecule has 1 aromatic rings. The maximum atomic E-state index is 12.5. The van der Waals surface area contributed by atoms with Crippen molar-refractivity contribution >= 4 is 15.9 Å². The number of amides is 1. The van der Waals surface area contributed by atoms with Gasteiger partial charge in [-0.05, 0) is 12.5 Å². The smallest absolute Gasteiger partial charge is 0.251 e. The van der Waals surface area contributed by atoms with E-state index in [-0.39, 0.29) is 22.9 Å². The Kier molecular flexibility index (Phi) is 5.02. The average molecular weight is 327 g/mol. The SMILES string of the molecule is CCN(CC)S(=O)(=O)c1ccc(=O)n(CC(=O)N2CCC2)c1. The number of hydrogen-bond donors (Lipinski definition) is 0. The maximum absolute atomic E-state index is 12.5. The van der Waals surface area contributed by atoms with Crippen molar-refractivity contribution in [2.24, 2.45) is 0 Å². The van der Waals surface area contributed by atoms with Gasteiger partial charge >= 0.3 is 0 Å². The summed E-state index contributed by atoms with van der Waals surface area (Å²) in [5.41, 5.74) is -0.382. The Morgan fingerprint density at radius 1 is 1.23 bits per heavy atom. The second-order valence-corrected chi connectivity index (χ2v) is 7.09. The second kappa shape index (κ2) is 6.62. The van der Waals surface area contributed by atoms with Crippen molar-refractivity contribution in [3.05, 3.63) is 28.7 Å². The van der Waals surface area contributed by atoms with Crippen molar-refractivity contribution in [2.75, 3.05) is 26.2 Å². The highest BCUT2D eigenvalue weighted by atomic mass is 32.2. The summed E-state index contributed by atoms with van der Waals surface area (Å²) in [6, 6.07) is 2.49. The van der Waals surface area contributed by atoms with Gasteiger partial charge in [0, 0.05) is 38.4 Å². The Bertz CT molecular complexity index is 703. The van der Waals surface area contributed by atoms with E-state index in [4.69, 9.17) is 0 Å². The zero-order valence-electron chi connectivity index (χ0n) is 12.9. The molecule has 7 nitrogen and oxygen atoms in total. The first-order valence-electron chi connectivity index (χ1n) is 7.38. The van der Waals surface area contributed by atoms with Crippen LogP contribution in [0.5, 0.6) is 0 Å². The number of rotatable bonds is 6. The molecule has 0 atom stereocenters. The summed E-state index contributed by atoms with van der Waals surface area (Å²) in [5.74, 6) is -0.161. The Hall–Kier alpha value is -1.67. The van der Waals surface area contributed by atoms with Crippen LogP contribution >= 0.6 is 0 Å². The van der Waals surface area contributed by atoms with Gasteiger partial charge in [0.2, 0.25) is 15.9 Å². The minimum atomic E-state index is -3.64. The predicted octanol–water partition coefficient (Wildman–Crippen LogP) is 0.111. The van der Waals surface area contributed by atoms with Crippen LogP contribution in [-0.4, -0.2) is 54.3 Å². The molecule has 0 N–H and O–H groups in total. The Balaban J connectivity index is 2.30. The van der Waals surface area contributed by atoms with E-state index in [1.807, 2.05) is 0 Å². The molecular formula is C14H21N3O4S. The van der Waals surface area contributed by atoms with Gasteiger partial charge in [-0.1, -0.05) is 13.8 Å². The topological polar surface area (TPSA) is 79.7 Å². The number of aromatic nitrogens is 1. The van der Waals surface area contributed by atoms with Gasteiger partial charge < -0.3 is 9.47 Å². The molecule has 1 aliphatic heterocycles. The molecule has 1 aliphatic rings. The van der Waals surface area contributed by atoms with Crippen LogP contribution in [0.25, 0.3) is 0 Å². The lowest BCUT2D eigenvalue weighted by Gasteiger charge is -2.31. The first kappa shape index (κ1) is 16.7. The third-order valence-corrected chi connectivity index (χ3v) is 5.85. The Morgan fingerprint density at radius 3 is 2.36 bits per heavy atom. The fourth-order valence-corrected chi connectivity index (χ4v) is 3.79. The molecule has 2 rings (SSSR count). The zero-order chi connectivity index (χ0) is 16.3. The van der Waals surface area contributed by atoms with E-state index >= 15 is 0 Å². The number of pyridine rings is 1. The van der Waals surface area contributed by atoms with Gasteiger partial charge in [-0.15, -0.1) is 0 Å². The molecule has 0 bridgehead atoms. The standard InChI is InChI=1S/C14H21N3O4S/c1-3-17(4-2)22(20,21)12-6-7-13(18)16(10-12)11-14(19)15-8-5-9-15/h6-7,10H,3-5,8-9,11H2,1-2H3. The highest BCUT2D eigenvalue weighted by Crippen LogP contribution is 2.14. The summed E-state index contributed by atoms with van der Waals surface area (Å²) in [6.45, 7) is 5.49. The van der Waals surface area contributed by atoms with Crippen LogP contribution in [-0.2, 0) is 21.4 Å². The van der Waals surface area contributed by atoms with Crippen molar-refractivity contribution in [3.63, 3.8) is 0 Å². The molecule has 8 heteroatoms. The van der Waals surface area contributed by atoms with E-state index < -0.39 is 10.0 Å². The minimum Gasteiger partial charge on any atom is -0.341 e. The van der Waals surface area contributed by atoms with Crippen LogP contribution in [0.4, 0.5) is 0 Å². The van der Waals surface area contributed by atoms with E-state index in [0.717, 1.165) is 11.0 Å². The fourth-order valence-electron chi connectivity index (χ4n) is 2.31. The lowest BCUT2D eigenvalue weighted by molar-refractivity contribution is -0.135. The first-order valence-corrected chi connectivity index (χ1v) is 8.82. The molecule has 2 heterocycles. The third kappa shape index (κ3) is 3.22. The molecule has 0 unspecified atom stereocenters. The molecule has 1 aromatic heterocycles. The van der Waals surface area contributed by atoms with Gasteiger partial charge in [0.25, 0.3) is 5.56 Å². The molecule has 22 heavy (non-hydrogen) atoms. The molecular weight excluding hydrogens is 306 g/mol.